The van der Waals surface area contributed by atoms with Crippen molar-refractivity contribution in [3.05, 3.63) is 23.9 Å². The molecule has 0 aromatic carbocycles. The van der Waals surface area contributed by atoms with Crippen LogP contribution in [0.25, 0.3) is 0 Å². The number of hydrogen-bond acceptors (Lipinski definition) is 5. The highest BCUT2D eigenvalue weighted by atomic mass is 127. The summed E-state index contributed by atoms with van der Waals surface area (Å²) in [6.45, 7) is 14.8. The third-order valence-electron chi connectivity index (χ3n) is 5.83. The SMILES string of the molecule is CCNC(=NCc1cccnc1N1CCOCC1)NCC(C)(C)N1CCCCC1.I. The number of nitrogens with one attached hydrogen (secondary N) is 2. The van der Waals surface area contributed by atoms with Crippen LogP contribution < -0.4 is 15.5 Å². The lowest BCUT2D eigenvalue weighted by Gasteiger charge is -2.41. The van der Waals surface area contributed by atoms with Crippen LogP contribution in [0.2, 0.25) is 0 Å². The summed E-state index contributed by atoms with van der Waals surface area (Å²) >= 11 is 0. The topological polar surface area (TPSA) is 65.0 Å². The van der Waals surface area contributed by atoms with Crippen LogP contribution in [0.3, 0.4) is 0 Å². The second kappa shape index (κ2) is 12.7. The minimum Gasteiger partial charge on any atom is -0.378 e. The maximum Gasteiger partial charge on any atom is 0.191 e. The predicted octanol–water partition coefficient (Wildman–Crippen LogP) is 2.86. The summed E-state index contributed by atoms with van der Waals surface area (Å²) in [5.41, 5.74) is 1.27. The first-order valence-electron chi connectivity index (χ1n) is 11.1. The fourth-order valence-corrected chi connectivity index (χ4v) is 4.03. The Bertz CT molecular complexity index is 657. The lowest BCUT2D eigenvalue weighted by molar-refractivity contribution is 0.0982. The Morgan fingerprint density at radius 2 is 1.87 bits per heavy atom. The van der Waals surface area contributed by atoms with Crippen LogP contribution in [-0.4, -0.2) is 73.9 Å². The molecule has 0 bridgehead atoms. The molecule has 3 rings (SSSR count). The van der Waals surface area contributed by atoms with Gasteiger partial charge in [0, 0.05) is 43.5 Å². The summed E-state index contributed by atoms with van der Waals surface area (Å²) in [4.78, 5) is 14.4. The van der Waals surface area contributed by atoms with E-state index in [1.165, 1.54) is 32.4 Å². The molecule has 0 radical (unpaired) electrons. The van der Waals surface area contributed by atoms with Gasteiger partial charge >= 0.3 is 0 Å². The van der Waals surface area contributed by atoms with E-state index in [2.05, 4.69) is 52.3 Å². The van der Waals surface area contributed by atoms with E-state index in [-0.39, 0.29) is 29.5 Å². The second-order valence-corrected chi connectivity index (χ2v) is 8.49. The van der Waals surface area contributed by atoms with Crippen molar-refractivity contribution < 1.29 is 4.74 Å². The van der Waals surface area contributed by atoms with Crippen molar-refractivity contribution in [2.45, 2.75) is 52.1 Å². The average molecular weight is 530 g/mol. The van der Waals surface area contributed by atoms with Gasteiger partial charge in [-0.15, -0.1) is 24.0 Å². The van der Waals surface area contributed by atoms with Gasteiger partial charge in [-0.1, -0.05) is 12.5 Å². The fourth-order valence-electron chi connectivity index (χ4n) is 4.03. The summed E-state index contributed by atoms with van der Waals surface area (Å²) < 4.78 is 5.48. The van der Waals surface area contributed by atoms with E-state index in [0.717, 1.165) is 56.7 Å². The van der Waals surface area contributed by atoms with Crippen molar-refractivity contribution in [2.24, 2.45) is 4.99 Å². The quantitative estimate of drug-likeness (QED) is 0.321. The smallest absolute Gasteiger partial charge is 0.191 e. The van der Waals surface area contributed by atoms with Gasteiger partial charge in [0.2, 0.25) is 0 Å². The molecule has 1 aromatic heterocycles. The minimum absolute atomic E-state index is 0. The van der Waals surface area contributed by atoms with E-state index in [9.17, 15) is 0 Å². The Morgan fingerprint density at radius 3 is 2.57 bits per heavy atom. The zero-order chi connectivity index (χ0) is 20.5. The molecule has 2 N–H and O–H groups in total. The van der Waals surface area contributed by atoms with Crippen molar-refractivity contribution in [3.63, 3.8) is 0 Å². The molecule has 170 valence electrons. The zero-order valence-corrected chi connectivity index (χ0v) is 21.2. The molecule has 0 spiro atoms. The van der Waals surface area contributed by atoms with Gasteiger partial charge in [0.15, 0.2) is 5.96 Å². The van der Waals surface area contributed by atoms with Crippen molar-refractivity contribution in [1.29, 1.82) is 0 Å². The van der Waals surface area contributed by atoms with Crippen molar-refractivity contribution in [1.82, 2.24) is 20.5 Å². The van der Waals surface area contributed by atoms with Crippen molar-refractivity contribution in [3.8, 4) is 0 Å². The fraction of sp³-hybridized carbons (Fsp3) is 0.727. The third-order valence-corrected chi connectivity index (χ3v) is 5.83. The number of likely N-dealkylation sites (tertiary alicyclic amines) is 1. The molecule has 8 heteroatoms. The number of aliphatic imine (C=N–C) groups is 1. The molecule has 0 atom stereocenters. The molecule has 0 aliphatic carbocycles. The third kappa shape index (κ3) is 7.23. The number of piperidine rings is 1. The summed E-state index contributed by atoms with van der Waals surface area (Å²) in [5, 5.41) is 6.96. The van der Waals surface area contributed by atoms with Crippen LogP contribution in [0.1, 0.15) is 45.6 Å². The Kier molecular flexibility index (Phi) is 10.6. The Hall–Kier alpha value is -1.13. The van der Waals surface area contributed by atoms with Crippen LogP contribution in [0, 0.1) is 0 Å². The van der Waals surface area contributed by atoms with Crippen LogP contribution >= 0.6 is 24.0 Å². The molecule has 3 heterocycles. The van der Waals surface area contributed by atoms with Crippen LogP contribution in [0.15, 0.2) is 23.3 Å². The van der Waals surface area contributed by atoms with Crippen molar-refractivity contribution in [2.75, 3.05) is 57.4 Å². The Labute approximate surface area is 199 Å². The van der Waals surface area contributed by atoms with E-state index < -0.39 is 0 Å². The number of guanidine groups is 1. The minimum atomic E-state index is 0. The summed E-state index contributed by atoms with van der Waals surface area (Å²) in [5.74, 6) is 1.90. The number of aromatic nitrogens is 1. The molecular formula is C22H39IN6O. The molecule has 1 aromatic rings. The lowest BCUT2D eigenvalue weighted by Crippen LogP contribution is -2.54. The van der Waals surface area contributed by atoms with E-state index in [1.807, 2.05) is 12.3 Å². The molecule has 2 fully saturated rings. The predicted molar refractivity (Wildman–Crippen MR) is 135 cm³/mol. The van der Waals surface area contributed by atoms with Crippen LogP contribution in [0.5, 0.6) is 0 Å². The second-order valence-electron chi connectivity index (χ2n) is 8.49. The maximum atomic E-state index is 5.48. The molecule has 0 amide bonds. The molecule has 0 saturated carbocycles. The molecule has 2 aliphatic heterocycles. The van der Waals surface area contributed by atoms with Crippen molar-refractivity contribution >= 4 is 35.8 Å². The normalized spacial score (nSPS) is 18.6. The highest BCUT2D eigenvalue weighted by Gasteiger charge is 2.28. The van der Waals surface area contributed by atoms with Gasteiger partial charge in [-0.2, -0.15) is 0 Å². The number of anilines is 1. The number of morpholine rings is 1. The highest BCUT2D eigenvalue weighted by molar-refractivity contribution is 14.0. The lowest BCUT2D eigenvalue weighted by atomic mass is 9.98. The zero-order valence-electron chi connectivity index (χ0n) is 18.8. The monoisotopic (exact) mass is 530 g/mol. The van der Waals surface area contributed by atoms with Gasteiger partial charge in [0.05, 0.1) is 19.8 Å². The molecule has 7 nitrogen and oxygen atoms in total. The molecule has 0 unspecified atom stereocenters. The molecule has 2 saturated heterocycles. The largest absolute Gasteiger partial charge is 0.378 e. The molecular weight excluding hydrogens is 491 g/mol. The first-order valence-corrected chi connectivity index (χ1v) is 11.1. The Morgan fingerprint density at radius 1 is 1.13 bits per heavy atom. The number of hydrogen-bond donors (Lipinski definition) is 2. The average Bonchev–Trinajstić information content (AvgIpc) is 2.77. The first kappa shape index (κ1) is 25.1. The van der Waals surface area contributed by atoms with E-state index in [4.69, 9.17) is 9.73 Å². The maximum absolute atomic E-state index is 5.48. The number of halogens is 1. The number of ether oxygens (including phenoxy) is 1. The number of nitrogens with zero attached hydrogens (tertiary/aromatic N) is 4. The van der Waals surface area contributed by atoms with E-state index >= 15 is 0 Å². The summed E-state index contributed by atoms with van der Waals surface area (Å²) in [6, 6.07) is 4.12. The summed E-state index contributed by atoms with van der Waals surface area (Å²) in [7, 11) is 0. The van der Waals surface area contributed by atoms with Crippen LogP contribution in [0.4, 0.5) is 5.82 Å². The van der Waals surface area contributed by atoms with Gasteiger partial charge in [-0.05, 0) is 52.8 Å². The van der Waals surface area contributed by atoms with Crippen LogP contribution in [-0.2, 0) is 11.3 Å². The molecule has 2 aliphatic rings. The van der Waals surface area contributed by atoms with Gasteiger partial charge in [-0.25, -0.2) is 9.98 Å². The number of rotatable bonds is 7. The van der Waals surface area contributed by atoms with Gasteiger partial charge < -0.3 is 20.3 Å². The van der Waals surface area contributed by atoms with Gasteiger partial charge in [-0.3, -0.25) is 4.90 Å². The Balaban J connectivity index is 0.00000320. The highest BCUT2D eigenvalue weighted by Crippen LogP contribution is 2.21. The van der Waals surface area contributed by atoms with Gasteiger partial charge in [0.1, 0.15) is 5.82 Å². The standard InChI is InChI=1S/C22H38N6O.HI/c1-4-23-21(26-18-22(2,3)28-11-6-5-7-12-28)25-17-19-9-8-10-24-20(19)27-13-15-29-16-14-27;/h8-10H,4-7,11-18H2,1-3H3,(H2,23,25,26);1H. The number of pyridine rings is 1. The van der Waals surface area contributed by atoms with E-state index in [0.29, 0.717) is 6.54 Å². The van der Waals surface area contributed by atoms with Gasteiger partial charge in [0.25, 0.3) is 0 Å². The first-order chi connectivity index (χ1) is 14.1. The molecule has 30 heavy (non-hydrogen) atoms. The van der Waals surface area contributed by atoms with E-state index in [1.54, 1.807) is 0 Å². The summed E-state index contributed by atoms with van der Waals surface area (Å²) in [6.07, 6.45) is 5.84.